The normalized spacial score (nSPS) is 14.8. The van der Waals surface area contributed by atoms with Crippen LogP contribution in [0.3, 0.4) is 0 Å². The zero-order chi connectivity index (χ0) is 12.3. The predicted molar refractivity (Wildman–Crippen MR) is 67.8 cm³/mol. The number of pyridine rings is 1. The summed E-state index contributed by atoms with van der Waals surface area (Å²) in [6.45, 7) is 2.22. The van der Waals surface area contributed by atoms with Gasteiger partial charge in [0.2, 0.25) is 0 Å². The van der Waals surface area contributed by atoms with Gasteiger partial charge in [0.15, 0.2) is 0 Å². The van der Waals surface area contributed by atoms with Crippen molar-refractivity contribution in [3.05, 3.63) is 42.1 Å². The summed E-state index contributed by atoms with van der Waals surface area (Å²) in [5.74, 6) is 0. The van der Waals surface area contributed by atoms with E-state index in [1.165, 1.54) is 0 Å². The Labute approximate surface area is 101 Å². The summed E-state index contributed by atoms with van der Waals surface area (Å²) in [5.41, 5.74) is 0.708. The first-order valence-corrected chi connectivity index (χ1v) is 5.77. The first-order valence-electron chi connectivity index (χ1n) is 5.77. The molecule has 1 atom stereocenters. The number of aromatic nitrogens is 1. The zero-order valence-corrected chi connectivity index (χ0v) is 10.2. The fraction of sp³-hybridized carbons (Fsp3) is 0.357. The van der Waals surface area contributed by atoms with Crippen molar-refractivity contribution in [1.29, 1.82) is 0 Å². The highest BCUT2D eigenvalue weighted by Gasteiger charge is 2.29. The summed E-state index contributed by atoms with van der Waals surface area (Å²) < 4.78 is 5.12. The summed E-state index contributed by atoms with van der Waals surface area (Å²) in [6, 6.07) is 9.74. The van der Waals surface area contributed by atoms with Crippen LogP contribution in [0.15, 0.2) is 36.5 Å². The standard InChI is InChI=1S/C14H17NO2/c1-3-14(16,10-17-2)12-8-4-6-11-7-5-9-15-13(11)12/h4-9,16H,3,10H2,1-2H3. The minimum atomic E-state index is -0.970. The number of para-hydroxylation sites is 1. The first kappa shape index (κ1) is 12.0. The maximum Gasteiger partial charge on any atom is 0.115 e. The summed E-state index contributed by atoms with van der Waals surface area (Å²) in [6.07, 6.45) is 2.34. The molecule has 0 spiro atoms. The molecule has 0 saturated carbocycles. The highest BCUT2D eigenvalue weighted by molar-refractivity contribution is 5.82. The van der Waals surface area contributed by atoms with Gasteiger partial charge in [0.1, 0.15) is 5.60 Å². The molecule has 1 N–H and O–H groups in total. The molecule has 0 radical (unpaired) electrons. The molecule has 2 aromatic rings. The largest absolute Gasteiger partial charge is 0.383 e. The minimum Gasteiger partial charge on any atom is -0.383 e. The van der Waals surface area contributed by atoms with E-state index in [-0.39, 0.29) is 6.61 Å². The second-order valence-electron chi connectivity index (χ2n) is 4.20. The van der Waals surface area contributed by atoms with Crippen LogP contribution in [0.4, 0.5) is 0 Å². The van der Waals surface area contributed by atoms with Gasteiger partial charge >= 0.3 is 0 Å². The van der Waals surface area contributed by atoms with Crippen molar-refractivity contribution in [3.8, 4) is 0 Å². The van der Waals surface area contributed by atoms with E-state index in [4.69, 9.17) is 4.74 Å². The van der Waals surface area contributed by atoms with Crippen LogP contribution in [0, 0.1) is 0 Å². The average molecular weight is 231 g/mol. The molecule has 0 amide bonds. The number of hydrogen-bond acceptors (Lipinski definition) is 3. The lowest BCUT2D eigenvalue weighted by atomic mass is 9.90. The van der Waals surface area contributed by atoms with Gasteiger partial charge in [-0.3, -0.25) is 4.98 Å². The number of fused-ring (bicyclic) bond motifs is 1. The Morgan fingerprint density at radius 3 is 2.76 bits per heavy atom. The zero-order valence-electron chi connectivity index (χ0n) is 10.2. The van der Waals surface area contributed by atoms with Crippen LogP contribution >= 0.6 is 0 Å². The Morgan fingerprint density at radius 2 is 2.06 bits per heavy atom. The van der Waals surface area contributed by atoms with Crippen LogP contribution < -0.4 is 0 Å². The molecule has 1 unspecified atom stereocenters. The highest BCUT2D eigenvalue weighted by atomic mass is 16.5. The fourth-order valence-corrected chi connectivity index (χ4v) is 2.09. The van der Waals surface area contributed by atoms with E-state index in [0.29, 0.717) is 6.42 Å². The Hall–Kier alpha value is -1.45. The predicted octanol–water partition coefficient (Wildman–Crippen LogP) is 2.48. The van der Waals surface area contributed by atoms with Gasteiger partial charge in [0.25, 0.3) is 0 Å². The molecule has 17 heavy (non-hydrogen) atoms. The van der Waals surface area contributed by atoms with Gasteiger partial charge in [-0.25, -0.2) is 0 Å². The molecule has 1 aromatic carbocycles. The first-order chi connectivity index (χ1) is 8.21. The van der Waals surface area contributed by atoms with Crippen LogP contribution in [0.1, 0.15) is 18.9 Å². The third-order valence-electron chi connectivity index (χ3n) is 3.10. The fourth-order valence-electron chi connectivity index (χ4n) is 2.09. The molecular formula is C14H17NO2. The van der Waals surface area contributed by atoms with Gasteiger partial charge in [-0.15, -0.1) is 0 Å². The second kappa shape index (κ2) is 4.82. The molecule has 0 aliphatic rings. The molecule has 90 valence electrons. The Balaban J connectivity index is 2.61. The number of methoxy groups -OCH3 is 1. The molecule has 0 aliphatic carbocycles. The summed E-state index contributed by atoms with van der Waals surface area (Å²) >= 11 is 0. The van der Waals surface area contributed by atoms with Crippen LogP contribution in [0.25, 0.3) is 10.9 Å². The molecule has 0 aliphatic heterocycles. The van der Waals surface area contributed by atoms with Crippen molar-refractivity contribution in [2.24, 2.45) is 0 Å². The van der Waals surface area contributed by atoms with Gasteiger partial charge < -0.3 is 9.84 Å². The summed E-state index contributed by atoms with van der Waals surface area (Å²) in [5, 5.41) is 11.7. The number of rotatable bonds is 4. The minimum absolute atomic E-state index is 0.277. The van der Waals surface area contributed by atoms with Crippen molar-refractivity contribution in [2.45, 2.75) is 18.9 Å². The molecule has 1 heterocycles. The Bertz CT molecular complexity index is 507. The van der Waals surface area contributed by atoms with E-state index in [2.05, 4.69) is 4.98 Å². The van der Waals surface area contributed by atoms with Gasteiger partial charge in [0.05, 0.1) is 12.1 Å². The monoisotopic (exact) mass is 231 g/mol. The molecular weight excluding hydrogens is 214 g/mol. The van der Waals surface area contributed by atoms with Crippen LogP contribution in [-0.2, 0) is 10.3 Å². The number of ether oxygens (including phenoxy) is 1. The lowest BCUT2D eigenvalue weighted by Crippen LogP contribution is -2.30. The second-order valence-corrected chi connectivity index (χ2v) is 4.20. The molecule has 3 heteroatoms. The van der Waals surface area contributed by atoms with Crippen LogP contribution in [0.5, 0.6) is 0 Å². The van der Waals surface area contributed by atoms with Crippen molar-refractivity contribution in [2.75, 3.05) is 13.7 Å². The highest BCUT2D eigenvalue weighted by Crippen LogP contribution is 2.30. The van der Waals surface area contributed by atoms with E-state index in [9.17, 15) is 5.11 Å². The molecule has 0 fully saturated rings. The summed E-state index contributed by atoms with van der Waals surface area (Å²) in [4.78, 5) is 4.36. The van der Waals surface area contributed by atoms with E-state index >= 15 is 0 Å². The number of benzene rings is 1. The van der Waals surface area contributed by atoms with Gasteiger partial charge in [0, 0.05) is 24.3 Å². The molecule has 0 saturated heterocycles. The van der Waals surface area contributed by atoms with Crippen LogP contribution in [0.2, 0.25) is 0 Å². The lowest BCUT2D eigenvalue weighted by molar-refractivity contribution is -0.0376. The maximum absolute atomic E-state index is 10.6. The number of nitrogens with zero attached hydrogens (tertiary/aromatic N) is 1. The third kappa shape index (κ3) is 2.16. The molecule has 1 aromatic heterocycles. The van der Waals surface area contributed by atoms with E-state index in [0.717, 1.165) is 16.5 Å². The average Bonchev–Trinajstić information content (AvgIpc) is 2.38. The van der Waals surface area contributed by atoms with Gasteiger partial charge in [-0.05, 0) is 12.5 Å². The van der Waals surface area contributed by atoms with Crippen molar-refractivity contribution >= 4 is 10.9 Å². The summed E-state index contributed by atoms with van der Waals surface area (Å²) in [7, 11) is 1.60. The lowest BCUT2D eigenvalue weighted by Gasteiger charge is -2.27. The topological polar surface area (TPSA) is 42.4 Å². The molecule has 2 rings (SSSR count). The molecule has 3 nitrogen and oxygen atoms in total. The smallest absolute Gasteiger partial charge is 0.115 e. The van der Waals surface area contributed by atoms with E-state index in [1.807, 2.05) is 37.3 Å². The van der Waals surface area contributed by atoms with E-state index < -0.39 is 5.60 Å². The number of hydrogen-bond donors (Lipinski definition) is 1. The SMILES string of the molecule is CCC(O)(COC)c1cccc2cccnc12. The Morgan fingerprint density at radius 1 is 1.29 bits per heavy atom. The van der Waals surface area contributed by atoms with Gasteiger partial charge in [-0.1, -0.05) is 31.2 Å². The van der Waals surface area contributed by atoms with E-state index in [1.54, 1.807) is 13.3 Å². The Kier molecular flexibility index (Phi) is 3.41. The number of aliphatic hydroxyl groups is 1. The van der Waals surface area contributed by atoms with Crippen molar-refractivity contribution < 1.29 is 9.84 Å². The molecule has 0 bridgehead atoms. The maximum atomic E-state index is 10.6. The van der Waals surface area contributed by atoms with Crippen LogP contribution in [-0.4, -0.2) is 23.8 Å². The van der Waals surface area contributed by atoms with Crippen molar-refractivity contribution in [3.63, 3.8) is 0 Å². The van der Waals surface area contributed by atoms with Crippen molar-refractivity contribution in [1.82, 2.24) is 4.98 Å². The van der Waals surface area contributed by atoms with Gasteiger partial charge in [-0.2, -0.15) is 0 Å². The quantitative estimate of drug-likeness (QED) is 0.879. The third-order valence-corrected chi connectivity index (χ3v) is 3.10.